The molecule has 0 saturated carbocycles. The smallest absolute Gasteiger partial charge is 0.146 e. The predicted molar refractivity (Wildman–Crippen MR) is 52.7 cm³/mol. The number of likely N-dealkylation sites (N-methyl/N-ethyl adjacent to an activating group) is 1. The van der Waals surface area contributed by atoms with Crippen LogP contribution in [0.15, 0.2) is 18.2 Å². The van der Waals surface area contributed by atoms with Crippen LogP contribution >= 0.6 is 0 Å². The Balaban J connectivity index is 2.39. The summed E-state index contributed by atoms with van der Waals surface area (Å²) in [5, 5.41) is 0. The average molecular weight is 178 g/mol. The molecule has 1 aliphatic heterocycles. The molecule has 1 aromatic rings. The quantitative estimate of drug-likeness (QED) is 0.604. The van der Waals surface area contributed by atoms with E-state index in [1.807, 2.05) is 12.1 Å². The molecule has 0 unspecified atom stereocenters. The summed E-state index contributed by atoms with van der Waals surface area (Å²) in [6.07, 6.45) is 0. The number of hydrogen-bond acceptors (Lipinski definition) is 3. The monoisotopic (exact) mass is 178 g/mol. The molecule has 13 heavy (non-hydrogen) atoms. The normalized spacial score (nSPS) is 17.3. The summed E-state index contributed by atoms with van der Waals surface area (Å²) in [6, 6.07) is 5.91. The van der Waals surface area contributed by atoms with Crippen molar-refractivity contribution in [3.8, 4) is 5.75 Å². The van der Waals surface area contributed by atoms with E-state index in [2.05, 4.69) is 18.0 Å². The van der Waals surface area contributed by atoms with Crippen molar-refractivity contribution in [1.82, 2.24) is 4.90 Å². The van der Waals surface area contributed by atoms with Crippen molar-refractivity contribution >= 4 is 5.69 Å². The molecule has 0 radical (unpaired) electrons. The van der Waals surface area contributed by atoms with Crippen LogP contribution < -0.4 is 10.5 Å². The van der Waals surface area contributed by atoms with Gasteiger partial charge in [-0.2, -0.15) is 0 Å². The summed E-state index contributed by atoms with van der Waals surface area (Å²) in [5.41, 5.74) is 7.74. The fourth-order valence-corrected chi connectivity index (χ4v) is 1.58. The van der Waals surface area contributed by atoms with Gasteiger partial charge in [0, 0.05) is 18.7 Å². The summed E-state index contributed by atoms with van der Waals surface area (Å²) >= 11 is 0. The van der Waals surface area contributed by atoms with Crippen LogP contribution in [0.3, 0.4) is 0 Å². The third kappa shape index (κ3) is 1.60. The van der Waals surface area contributed by atoms with Crippen molar-refractivity contribution in [2.45, 2.75) is 6.54 Å². The maximum Gasteiger partial charge on any atom is 0.146 e. The van der Waals surface area contributed by atoms with E-state index in [9.17, 15) is 0 Å². The molecule has 70 valence electrons. The van der Waals surface area contributed by atoms with E-state index in [1.165, 1.54) is 5.56 Å². The van der Waals surface area contributed by atoms with E-state index >= 15 is 0 Å². The Morgan fingerprint density at radius 2 is 2.31 bits per heavy atom. The summed E-state index contributed by atoms with van der Waals surface area (Å²) in [5.74, 6) is 0.867. The lowest BCUT2D eigenvalue weighted by Crippen LogP contribution is -2.20. The number of nitrogen functional groups attached to an aromatic ring is 1. The number of rotatable bonds is 0. The zero-order valence-corrected chi connectivity index (χ0v) is 7.79. The molecule has 2 rings (SSSR count). The summed E-state index contributed by atoms with van der Waals surface area (Å²) in [7, 11) is 2.08. The minimum atomic E-state index is 0.720. The number of anilines is 1. The predicted octanol–water partition coefficient (Wildman–Crippen LogP) is 1.09. The molecule has 0 fully saturated rings. The number of hydrogen-bond donors (Lipinski definition) is 1. The first-order valence-electron chi connectivity index (χ1n) is 4.46. The second-order valence-corrected chi connectivity index (χ2v) is 3.42. The molecule has 3 heteroatoms. The first-order valence-corrected chi connectivity index (χ1v) is 4.46. The van der Waals surface area contributed by atoms with Crippen LogP contribution in [-0.2, 0) is 6.54 Å². The van der Waals surface area contributed by atoms with Crippen molar-refractivity contribution in [2.75, 3.05) is 25.9 Å². The molecule has 0 aromatic heterocycles. The lowest BCUT2D eigenvalue weighted by molar-refractivity contribution is 0.259. The Hall–Kier alpha value is -1.22. The second-order valence-electron chi connectivity index (χ2n) is 3.42. The third-order valence-corrected chi connectivity index (χ3v) is 2.29. The molecular formula is C10H14N2O. The van der Waals surface area contributed by atoms with Crippen molar-refractivity contribution in [2.24, 2.45) is 0 Å². The number of ether oxygens (including phenoxy) is 1. The van der Waals surface area contributed by atoms with Crippen molar-refractivity contribution < 1.29 is 4.74 Å². The van der Waals surface area contributed by atoms with Crippen LogP contribution in [0, 0.1) is 0 Å². The molecule has 0 bridgehead atoms. The van der Waals surface area contributed by atoms with Gasteiger partial charge in [0.15, 0.2) is 0 Å². The highest BCUT2D eigenvalue weighted by molar-refractivity contribution is 5.56. The van der Waals surface area contributed by atoms with Crippen LogP contribution in [-0.4, -0.2) is 25.1 Å². The van der Waals surface area contributed by atoms with Gasteiger partial charge in [-0.05, 0) is 13.1 Å². The Morgan fingerprint density at radius 1 is 1.46 bits per heavy atom. The van der Waals surface area contributed by atoms with Gasteiger partial charge in [0.1, 0.15) is 12.4 Å². The molecule has 3 nitrogen and oxygen atoms in total. The van der Waals surface area contributed by atoms with Gasteiger partial charge in [0.05, 0.1) is 5.69 Å². The van der Waals surface area contributed by atoms with Gasteiger partial charge in [-0.25, -0.2) is 0 Å². The summed E-state index contributed by atoms with van der Waals surface area (Å²) in [6.45, 7) is 2.59. The van der Waals surface area contributed by atoms with Crippen molar-refractivity contribution in [1.29, 1.82) is 0 Å². The molecule has 1 heterocycles. The molecule has 1 aromatic carbocycles. The Labute approximate surface area is 78.1 Å². The maximum atomic E-state index is 5.81. The minimum absolute atomic E-state index is 0.720. The Morgan fingerprint density at radius 3 is 3.15 bits per heavy atom. The lowest BCUT2D eigenvalue weighted by atomic mass is 10.1. The summed E-state index contributed by atoms with van der Waals surface area (Å²) in [4.78, 5) is 2.23. The van der Waals surface area contributed by atoms with Gasteiger partial charge in [-0.1, -0.05) is 12.1 Å². The van der Waals surface area contributed by atoms with Crippen LogP contribution in [0.1, 0.15) is 5.56 Å². The number of para-hydroxylation sites is 1. The highest BCUT2D eigenvalue weighted by Gasteiger charge is 2.13. The van der Waals surface area contributed by atoms with E-state index < -0.39 is 0 Å². The lowest BCUT2D eigenvalue weighted by Gasteiger charge is -2.11. The molecular weight excluding hydrogens is 164 g/mol. The number of benzene rings is 1. The molecule has 0 amide bonds. The van der Waals surface area contributed by atoms with Crippen LogP contribution in [0.25, 0.3) is 0 Å². The van der Waals surface area contributed by atoms with Gasteiger partial charge in [0.2, 0.25) is 0 Å². The van der Waals surface area contributed by atoms with Crippen LogP contribution in [0.5, 0.6) is 5.75 Å². The van der Waals surface area contributed by atoms with E-state index in [4.69, 9.17) is 10.5 Å². The highest BCUT2D eigenvalue weighted by atomic mass is 16.5. The standard InChI is InChI=1S/C10H14N2O/c1-12-5-6-13-10-8(7-12)3-2-4-9(10)11/h2-4H,5-7,11H2,1H3. The Kier molecular flexibility index (Phi) is 2.10. The molecule has 0 atom stereocenters. The van der Waals surface area contributed by atoms with Gasteiger partial charge in [0.25, 0.3) is 0 Å². The zero-order valence-electron chi connectivity index (χ0n) is 7.79. The van der Waals surface area contributed by atoms with Crippen LogP contribution in [0.2, 0.25) is 0 Å². The second kappa shape index (κ2) is 3.26. The van der Waals surface area contributed by atoms with E-state index in [1.54, 1.807) is 0 Å². The first kappa shape index (κ1) is 8.38. The summed E-state index contributed by atoms with van der Waals surface area (Å²) < 4.78 is 5.58. The van der Waals surface area contributed by atoms with Crippen molar-refractivity contribution in [3.63, 3.8) is 0 Å². The molecule has 2 N–H and O–H groups in total. The Bertz CT molecular complexity index is 312. The zero-order chi connectivity index (χ0) is 9.26. The average Bonchev–Trinajstić information content (AvgIpc) is 2.27. The highest BCUT2D eigenvalue weighted by Crippen LogP contribution is 2.28. The number of nitrogens with zero attached hydrogens (tertiary/aromatic N) is 1. The fraction of sp³-hybridized carbons (Fsp3) is 0.400. The van der Waals surface area contributed by atoms with Gasteiger partial charge in [-0.15, -0.1) is 0 Å². The third-order valence-electron chi connectivity index (χ3n) is 2.29. The first-order chi connectivity index (χ1) is 6.27. The molecule has 1 aliphatic rings. The number of nitrogens with two attached hydrogens (primary N) is 1. The van der Waals surface area contributed by atoms with E-state index in [-0.39, 0.29) is 0 Å². The SMILES string of the molecule is CN1CCOc2c(N)cccc2C1. The van der Waals surface area contributed by atoms with Gasteiger partial charge in [-0.3, -0.25) is 4.90 Å². The largest absolute Gasteiger partial charge is 0.490 e. The van der Waals surface area contributed by atoms with E-state index in [0.717, 1.165) is 31.1 Å². The molecule has 0 saturated heterocycles. The van der Waals surface area contributed by atoms with Crippen LogP contribution in [0.4, 0.5) is 5.69 Å². The van der Waals surface area contributed by atoms with Crippen molar-refractivity contribution in [3.05, 3.63) is 23.8 Å². The van der Waals surface area contributed by atoms with E-state index in [0.29, 0.717) is 0 Å². The number of fused-ring (bicyclic) bond motifs is 1. The van der Waals surface area contributed by atoms with Gasteiger partial charge < -0.3 is 10.5 Å². The minimum Gasteiger partial charge on any atom is -0.490 e. The molecule has 0 spiro atoms. The maximum absolute atomic E-state index is 5.81. The topological polar surface area (TPSA) is 38.5 Å². The van der Waals surface area contributed by atoms with Gasteiger partial charge >= 0.3 is 0 Å². The molecule has 0 aliphatic carbocycles. The fourth-order valence-electron chi connectivity index (χ4n) is 1.58.